The SMILES string of the molecule is O=C(O)C1CC1(C(=O)O)c1ccc(Cl)c(C(F)(F)F)c1. The minimum atomic E-state index is -4.74. The molecule has 1 aromatic rings. The molecule has 2 rings (SSSR count). The molecule has 0 aliphatic heterocycles. The van der Waals surface area contributed by atoms with Gasteiger partial charge in [-0.3, -0.25) is 9.59 Å². The summed E-state index contributed by atoms with van der Waals surface area (Å²) in [6.07, 6.45) is -4.98. The molecular weight excluding hydrogens is 301 g/mol. The number of benzene rings is 1. The standard InChI is InChI=1S/C12H8ClF3O4/c13-8-2-1-5(3-6(8)12(14,15)16)11(10(19)20)4-7(11)9(17)18/h1-3,7H,4H2,(H,17,18)(H,19,20). The first-order valence-electron chi connectivity index (χ1n) is 5.44. The maximum absolute atomic E-state index is 12.7. The van der Waals surface area contributed by atoms with Crippen molar-refractivity contribution in [2.45, 2.75) is 18.0 Å². The molecule has 1 fully saturated rings. The van der Waals surface area contributed by atoms with Crippen LogP contribution in [0.4, 0.5) is 13.2 Å². The van der Waals surface area contributed by atoms with E-state index < -0.39 is 40.0 Å². The smallest absolute Gasteiger partial charge is 0.417 e. The fourth-order valence-corrected chi connectivity index (χ4v) is 2.48. The second-order valence-electron chi connectivity index (χ2n) is 4.56. The molecule has 0 heterocycles. The molecule has 0 aromatic heterocycles. The average Bonchev–Trinajstić information content (AvgIpc) is 3.04. The highest BCUT2D eigenvalue weighted by Gasteiger charge is 2.65. The molecule has 0 radical (unpaired) electrons. The van der Waals surface area contributed by atoms with Gasteiger partial charge in [0.2, 0.25) is 0 Å². The van der Waals surface area contributed by atoms with Crippen molar-refractivity contribution in [3.05, 3.63) is 34.3 Å². The van der Waals surface area contributed by atoms with Crippen LogP contribution in [0.5, 0.6) is 0 Å². The Morgan fingerprint density at radius 1 is 1.30 bits per heavy atom. The Bertz CT molecular complexity index is 599. The van der Waals surface area contributed by atoms with Crippen LogP contribution in [-0.2, 0) is 21.2 Å². The summed E-state index contributed by atoms with van der Waals surface area (Å²) in [6.45, 7) is 0. The Morgan fingerprint density at radius 2 is 1.90 bits per heavy atom. The largest absolute Gasteiger partial charge is 0.481 e. The number of carboxylic acids is 2. The van der Waals surface area contributed by atoms with E-state index >= 15 is 0 Å². The molecule has 1 aromatic carbocycles. The van der Waals surface area contributed by atoms with Crippen LogP contribution in [0.1, 0.15) is 17.5 Å². The molecule has 8 heteroatoms. The van der Waals surface area contributed by atoms with Crippen molar-refractivity contribution in [3.63, 3.8) is 0 Å². The van der Waals surface area contributed by atoms with Crippen LogP contribution in [0.25, 0.3) is 0 Å². The minimum absolute atomic E-state index is 0.200. The van der Waals surface area contributed by atoms with Gasteiger partial charge in [-0.1, -0.05) is 17.7 Å². The lowest BCUT2D eigenvalue weighted by Gasteiger charge is -2.15. The van der Waals surface area contributed by atoms with E-state index in [9.17, 15) is 22.8 Å². The molecule has 20 heavy (non-hydrogen) atoms. The van der Waals surface area contributed by atoms with Crippen LogP contribution in [-0.4, -0.2) is 22.2 Å². The third-order valence-corrected chi connectivity index (χ3v) is 3.76. The molecule has 4 nitrogen and oxygen atoms in total. The number of rotatable bonds is 3. The highest BCUT2D eigenvalue weighted by Crippen LogP contribution is 2.55. The molecule has 1 aliphatic carbocycles. The first-order valence-corrected chi connectivity index (χ1v) is 5.82. The number of carboxylic acid groups (broad SMARTS) is 2. The summed E-state index contributed by atoms with van der Waals surface area (Å²) in [6, 6.07) is 2.66. The Balaban J connectivity index is 2.53. The highest BCUT2D eigenvalue weighted by molar-refractivity contribution is 6.31. The maximum atomic E-state index is 12.7. The summed E-state index contributed by atoms with van der Waals surface area (Å²) < 4.78 is 38.2. The predicted octanol–water partition coefficient (Wildman–Crippen LogP) is 2.79. The number of alkyl halides is 3. The maximum Gasteiger partial charge on any atom is 0.417 e. The topological polar surface area (TPSA) is 74.6 Å². The van der Waals surface area contributed by atoms with Crippen LogP contribution in [0.3, 0.4) is 0 Å². The van der Waals surface area contributed by atoms with Crippen molar-refractivity contribution in [1.82, 2.24) is 0 Å². The van der Waals surface area contributed by atoms with Crippen LogP contribution in [0.15, 0.2) is 18.2 Å². The minimum Gasteiger partial charge on any atom is -0.481 e. The van der Waals surface area contributed by atoms with Crippen molar-refractivity contribution in [1.29, 1.82) is 0 Å². The van der Waals surface area contributed by atoms with Gasteiger partial charge in [-0.2, -0.15) is 13.2 Å². The lowest BCUT2D eigenvalue weighted by molar-refractivity contribution is -0.146. The van der Waals surface area contributed by atoms with E-state index in [-0.39, 0.29) is 12.0 Å². The first-order chi connectivity index (χ1) is 9.10. The molecule has 2 N–H and O–H groups in total. The van der Waals surface area contributed by atoms with Crippen molar-refractivity contribution in [2.75, 3.05) is 0 Å². The molecule has 108 valence electrons. The number of carbonyl (C=O) groups is 2. The monoisotopic (exact) mass is 308 g/mol. The zero-order chi connectivity index (χ0) is 15.3. The molecule has 0 bridgehead atoms. The van der Waals surface area contributed by atoms with Gasteiger partial charge in [0.1, 0.15) is 5.41 Å². The summed E-state index contributed by atoms with van der Waals surface area (Å²) in [5, 5.41) is 17.5. The molecule has 2 unspecified atom stereocenters. The van der Waals surface area contributed by atoms with Gasteiger partial charge in [0.15, 0.2) is 0 Å². The van der Waals surface area contributed by atoms with Gasteiger partial charge < -0.3 is 10.2 Å². The van der Waals surface area contributed by atoms with Crippen LogP contribution in [0.2, 0.25) is 5.02 Å². The second-order valence-corrected chi connectivity index (χ2v) is 4.97. The highest BCUT2D eigenvalue weighted by atomic mass is 35.5. The Kier molecular flexibility index (Phi) is 3.20. The van der Waals surface area contributed by atoms with Crippen molar-refractivity contribution >= 4 is 23.5 Å². The lowest BCUT2D eigenvalue weighted by Crippen LogP contribution is -2.25. The van der Waals surface area contributed by atoms with Gasteiger partial charge in [-0.15, -0.1) is 0 Å². The van der Waals surface area contributed by atoms with Gasteiger partial charge >= 0.3 is 18.1 Å². The van der Waals surface area contributed by atoms with E-state index in [1.54, 1.807) is 0 Å². The zero-order valence-corrected chi connectivity index (χ0v) is 10.5. The van der Waals surface area contributed by atoms with E-state index in [1.165, 1.54) is 0 Å². The van der Waals surface area contributed by atoms with Gasteiger partial charge in [-0.25, -0.2) is 0 Å². The number of halogens is 4. The molecule has 1 aliphatic rings. The number of hydrogen-bond donors (Lipinski definition) is 2. The molecule has 2 atom stereocenters. The predicted molar refractivity (Wildman–Crippen MR) is 61.5 cm³/mol. The second kappa shape index (κ2) is 4.37. The van der Waals surface area contributed by atoms with Crippen LogP contribution >= 0.6 is 11.6 Å². The Morgan fingerprint density at radius 3 is 2.30 bits per heavy atom. The Labute approximate surface area is 115 Å². The van der Waals surface area contributed by atoms with E-state index in [0.717, 1.165) is 12.1 Å². The van der Waals surface area contributed by atoms with Crippen LogP contribution < -0.4 is 0 Å². The molecular formula is C12H8ClF3O4. The normalized spacial score (nSPS) is 25.3. The van der Waals surface area contributed by atoms with Crippen molar-refractivity contribution in [3.8, 4) is 0 Å². The number of hydrogen-bond acceptors (Lipinski definition) is 2. The summed E-state index contributed by atoms with van der Waals surface area (Å²) in [4.78, 5) is 22.2. The van der Waals surface area contributed by atoms with Gasteiger partial charge in [-0.05, 0) is 24.1 Å². The summed E-state index contributed by atoms with van der Waals surface area (Å²) in [5.41, 5.74) is -3.18. The molecule has 1 saturated carbocycles. The fourth-order valence-electron chi connectivity index (χ4n) is 2.26. The zero-order valence-electron chi connectivity index (χ0n) is 9.74. The molecule has 0 amide bonds. The van der Waals surface area contributed by atoms with E-state index in [0.29, 0.717) is 6.07 Å². The molecule has 0 saturated heterocycles. The van der Waals surface area contributed by atoms with Crippen molar-refractivity contribution in [2.24, 2.45) is 5.92 Å². The quantitative estimate of drug-likeness (QED) is 0.900. The van der Waals surface area contributed by atoms with Gasteiger partial charge in [0.05, 0.1) is 16.5 Å². The summed E-state index contributed by atoms with van der Waals surface area (Å²) >= 11 is 5.45. The van der Waals surface area contributed by atoms with E-state index in [1.807, 2.05) is 0 Å². The third-order valence-electron chi connectivity index (χ3n) is 3.43. The number of aliphatic carboxylic acids is 2. The van der Waals surface area contributed by atoms with E-state index in [2.05, 4.69) is 0 Å². The molecule has 0 spiro atoms. The lowest BCUT2D eigenvalue weighted by atomic mass is 9.91. The Hall–Kier alpha value is -1.76. The third kappa shape index (κ3) is 2.11. The summed E-state index contributed by atoms with van der Waals surface area (Å²) in [7, 11) is 0. The van der Waals surface area contributed by atoms with E-state index in [4.69, 9.17) is 21.8 Å². The van der Waals surface area contributed by atoms with Crippen LogP contribution in [0, 0.1) is 5.92 Å². The van der Waals surface area contributed by atoms with Gasteiger partial charge in [0.25, 0.3) is 0 Å². The average molecular weight is 309 g/mol. The van der Waals surface area contributed by atoms with Crippen molar-refractivity contribution < 1.29 is 33.0 Å². The van der Waals surface area contributed by atoms with Gasteiger partial charge in [0, 0.05) is 0 Å². The fraction of sp³-hybridized carbons (Fsp3) is 0.333. The summed E-state index contributed by atoms with van der Waals surface area (Å²) in [5.74, 6) is -4.04. The first kappa shape index (κ1) is 14.6.